The molecule has 0 radical (unpaired) electrons. The molecule has 0 amide bonds. The van der Waals surface area contributed by atoms with Gasteiger partial charge in [-0.05, 0) is 48.8 Å². The molecule has 0 aliphatic carbocycles. The number of benzene rings is 1. The highest BCUT2D eigenvalue weighted by Gasteiger charge is 2.14. The van der Waals surface area contributed by atoms with Gasteiger partial charge in [-0.25, -0.2) is 0 Å². The number of methoxy groups -OCH3 is 1. The normalized spacial score (nSPS) is 17.9. The number of thiocarbonyl (C=S) groups is 1. The molecule has 3 N–H and O–H groups in total. The van der Waals surface area contributed by atoms with Crippen molar-refractivity contribution in [2.75, 3.05) is 20.3 Å². The molecule has 21 heavy (non-hydrogen) atoms. The number of rotatable bonds is 5. The van der Waals surface area contributed by atoms with Crippen LogP contribution in [0.4, 0.5) is 0 Å². The van der Waals surface area contributed by atoms with Gasteiger partial charge in [0.25, 0.3) is 0 Å². The van der Waals surface area contributed by atoms with Crippen molar-refractivity contribution in [3.05, 3.63) is 23.8 Å². The van der Waals surface area contributed by atoms with Gasteiger partial charge >= 0.3 is 0 Å². The van der Waals surface area contributed by atoms with Gasteiger partial charge in [-0.3, -0.25) is 5.43 Å². The molecule has 114 valence electrons. The Morgan fingerprint density at radius 1 is 1.62 bits per heavy atom. The zero-order chi connectivity index (χ0) is 15.1. The fourth-order valence-electron chi connectivity index (χ4n) is 1.99. The first-order chi connectivity index (χ1) is 10.2. The molecule has 0 bridgehead atoms. The Kier molecular flexibility index (Phi) is 5.77. The average molecular weight is 309 g/mol. The molecule has 1 aliphatic heterocycles. The van der Waals surface area contributed by atoms with Crippen LogP contribution in [0, 0.1) is 0 Å². The molecular formula is C14H19N3O3S. The highest BCUT2D eigenvalue weighted by atomic mass is 32.1. The number of hydrogen-bond acceptors (Lipinski definition) is 5. The Labute approximate surface area is 129 Å². The van der Waals surface area contributed by atoms with Crippen LogP contribution < -0.4 is 15.5 Å². The van der Waals surface area contributed by atoms with E-state index in [0.29, 0.717) is 17.4 Å². The van der Waals surface area contributed by atoms with Crippen molar-refractivity contribution in [1.29, 1.82) is 0 Å². The zero-order valence-electron chi connectivity index (χ0n) is 11.8. The molecule has 1 saturated heterocycles. The second-order valence-electron chi connectivity index (χ2n) is 4.65. The van der Waals surface area contributed by atoms with Gasteiger partial charge in [0.15, 0.2) is 16.6 Å². The number of ether oxygens (including phenoxy) is 2. The summed E-state index contributed by atoms with van der Waals surface area (Å²) < 4.78 is 10.5. The number of nitrogens with zero attached hydrogens (tertiary/aromatic N) is 1. The van der Waals surface area contributed by atoms with Crippen LogP contribution in [-0.4, -0.2) is 42.8 Å². The first-order valence-electron chi connectivity index (χ1n) is 6.74. The zero-order valence-corrected chi connectivity index (χ0v) is 12.7. The van der Waals surface area contributed by atoms with Crippen LogP contribution in [0.2, 0.25) is 0 Å². The largest absolute Gasteiger partial charge is 0.504 e. The lowest BCUT2D eigenvalue weighted by molar-refractivity contribution is 0.114. The van der Waals surface area contributed by atoms with Gasteiger partial charge in [-0.15, -0.1) is 0 Å². The summed E-state index contributed by atoms with van der Waals surface area (Å²) in [5.41, 5.74) is 3.53. The highest BCUT2D eigenvalue weighted by molar-refractivity contribution is 7.80. The van der Waals surface area contributed by atoms with Crippen LogP contribution >= 0.6 is 12.2 Å². The Morgan fingerprint density at radius 2 is 2.48 bits per heavy atom. The Bertz CT molecular complexity index is 516. The number of aromatic hydroxyl groups is 1. The van der Waals surface area contributed by atoms with Crippen molar-refractivity contribution >= 4 is 23.5 Å². The van der Waals surface area contributed by atoms with Crippen LogP contribution in [0.15, 0.2) is 23.3 Å². The first kappa shape index (κ1) is 15.5. The molecule has 0 saturated carbocycles. The van der Waals surface area contributed by atoms with Gasteiger partial charge in [-0.2, -0.15) is 5.10 Å². The summed E-state index contributed by atoms with van der Waals surface area (Å²) in [6.07, 6.45) is 4.00. The van der Waals surface area contributed by atoms with Crippen molar-refractivity contribution < 1.29 is 14.6 Å². The van der Waals surface area contributed by atoms with E-state index in [1.807, 2.05) is 0 Å². The molecule has 2 rings (SSSR count). The van der Waals surface area contributed by atoms with Crippen LogP contribution in [0.25, 0.3) is 0 Å². The predicted molar refractivity (Wildman–Crippen MR) is 85.0 cm³/mol. The summed E-state index contributed by atoms with van der Waals surface area (Å²) in [7, 11) is 1.50. The maximum Gasteiger partial charge on any atom is 0.187 e. The van der Waals surface area contributed by atoms with Gasteiger partial charge in [0, 0.05) is 13.2 Å². The highest BCUT2D eigenvalue weighted by Crippen LogP contribution is 2.25. The molecule has 1 aromatic carbocycles. The standard InChI is InChI=1S/C14H19N3O3S/c1-19-13-7-10(4-5-12(13)18)8-16-17-14(21)15-9-11-3-2-6-20-11/h4-5,7-8,11,18H,2-3,6,9H2,1H3,(H2,15,17,21)/b16-8+. The minimum absolute atomic E-state index is 0.0939. The van der Waals surface area contributed by atoms with Crippen molar-refractivity contribution in [2.45, 2.75) is 18.9 Å². The lowest BCUT2D eigenvalue weighted by Gasteiger charge is -2.11. The topological polar surface area (TPSA) is 75.1 Å². The van der Waals surface area contributed by atoms with Crippen LogP contribution in [0.5, 0.6) is 11.5 Å². The fraction of sp³-hybridized carbons (Fsp3) is 0.429. The van der Waals surface area contributed by atoms with E-state index in [-0.39, 0.29) is 11.9 Å². The number of phenolic OH excluding ortho intramolecular Hbond substituents is 1. The van der Waals surface area contributed by atoms with Crippen molar-refractivity contribution in [1.82, 2.24) is 10.7 Å². The smallest absolute Gasteiger partial charge is 0.187 e. The SMILES string of the molecule is COc1cc(/C=N/NC(=S)NCC2CCCO2)ccc1O. The van der Waals surface area contributed by atoms with Gasteiger partial charge in [-0.1, -0.05) is 0 Å². The Morgan fingerprint density at radius 3 is 3.19 bits per heavy atom. The predicted octanol–water partition coefficient (Wildman–Crippen LogP) is 1.38. The summed E-state index contributed by atoms with van der Waals surface area (Å²) in [5.74, 6) is 0.495. The summed E-state index contributed by atoms with van der Waals surface area (Å²) in [4.78, 5) is 0. The Hall–Kier alpha value is -1.86. The van der Waals surface area contributed by atoms with Crippen LogP contribution in [0.1, 0.15) is 18.4 Å². The number of phenols is 1. The monoisotopic (exact) mass is 309 g/mol. The van der Waals surface area contributed by atoms with E-state index in [2.05, 4.69) is 15.8 Å². The number of hydrazone groups is 1. The van der Waals surface area contributed by atoms with Crippen LogP contribution in [0.3, 0.4) is 0 Å². The maximum atomic E-state index is 9.49. The van der Waals surface area contributed by atoms with Gasteiger partial charge < -0.3 is 19.9 Å². The van der Waals surface area contributed by atoms with E-state index in [4.69, 9.17) is 21.7 Å². The van der Waals surface area contributed by atoms with Gasteiger partial charge in [0.1, 0.15) is 0 Å². The maximum absolute atomic E-state index is 9.49. The lowest BCUT2D eigenvalue weighted by atomic mass is 10.2. The van der Waals surface area contributed by atoms with Crippen molar-refractivity contribution in [3.63, 3.8) is 0 Å². The average Bonchev–Trinajstić information content (AvgIpc) is 3.00. The minimum Gasteiger partial charge on any atom is -0.504 e. The molecule has 1 heterocycles. The molecule has 0 spiro atoms. The van der Waals surface area contributed by atoms with E-state index < -0.39 is 0 Å². The van der Waals surface area contributed by atoms with E-state index >= 15 is 0 Å². The minimum atomic E-state index is 0.0939. The van der Waals surface area contributed by atoms with E-state index in [1.165, 1.54) is 7.11 Å². The van der Waals surface area contributed by atoms with Crippen LogP contribution in [-0.2, 0) is 4.74 Å². The quantitative estimate of drug-likeness (QED) is 0.433. The molecule has 1 atom stereocenters. The van der Waals surface area contributed by atoms with E-state index in [1.54, 1.807) is 24.4 Å². The first-order valence-corrected chi connectivity index (χ1v) is 7.15. The fourth-order valence-corrected chi connectivity index (χ4v) is 2.13. The molecule has 7 heteroatoms. The van der Waals surface area contributed by atoms with Gasteiger partial charge in [0.2, 0.25) is 0 Å². The number of hydrogen-bond donors (Lipinski definition) is 3. The van der Waals surface area contributed by atoms with E-state index in [9.17, 15) is 5.11 Å². The number of nitrogens with one attached hydrogen (secondary N) is 2. The molecule has 0 aromatic heterocycles. The molecule has 1 aliphatic rings. The molecular weight excluding hydrogens is 290 g/mol. The second-order valence-corrected chi connectivity index (χ2v) is 5.05. The van der Waals surface area contributed by atoms with Crippen molar-refractivity contribution in [3.8, 4) is 11.5 Å². The third-order valence-corrected chi connectivity index (χ3v) is 3.33. The molecule has 1 aromatic rings. The molecule has 1 fully saturated rings. The lowest BCUT2D eigenvalue weighted by Crippen LogP contribution is -2.37. The molecule has 6 nitrogen and oxygen atoms in total. The van der Waals surface area contributed by atoms with Crippen molar-refractivity contribution in [2.24, 2.45) is 5.10 Å². The second kappa shape index (κ2) is 7.80. The summed E-state index contributed by atoms with van der Waals surface area (Å²) in [6, 6.07) is 4.96. The third-order valence-electron chi connectivity index (χ3n) is 3.10. The molecule has 1 unspecified atom stereocenters. The Balaban J connectivity index is 1.77. The summed E-state index contributed by atoms with van der Waals surface area (Å²) >= 11 is 5.12. The van der Waals surface area contributed by atoms with E-state index in [0.717, 1.165) is 25.0 Å². The third kappa shape index (κ3) is 4.87. The summed E-state index contributed by atoms with van der Waals surface area (Å²) in [5, 5.41) is 17.0. The van der Waals surface area contributed by atoms with Gasteiger partial charge in [0.05, 0.1) is 19.4 Å². The summed E-state index contributed by atoms with van der Waals surface area (Å²) in [6.45, 7) is 1.52.